The molecule has 1 aliphatic heterocycles. The minimum absolute atomic E-state index is 0.0733. The Morgan fingerprint density at radius 2 is 1.90 bits per heavy atom. The second-order valence-electron chi connectivity index (χ2n) is 11.4. The molecule has 4 heterocycles. The number of fused-ring (bicyclic) bond motifs is 2. The Labute approximate surface area is 243 Å². The molecule has 1 saturated heterocycles. The van der Waals surface area contributed by atoms with Crippen molar-refractivity contribution in [2.75, 3.05) is 37.0 Å². The fourth-order valence-corrected chi connectivity index (χ4v) is 5.48. The number of pyridine rings is 1. The van der Waals surface area contributed by atoms with E-state index >= 15 is 4.39 Å². The molecule has 0 radical (unpaired) electrons. The van der Waals surface area contributed by atoms with Crippen LogP contribution >= 0.6 is 0 Å². The molecule has 0 spiro atoms. The zero-order valence-corrected chi connectivity index (χ0v) is 24.8. The summed E-state index contributed by atoms with van der Waals surface area (Å²) in [6.45, 7) is 11.3. The Hall–Kier alpha value is -4.48. The second kappa shape index (κ2) is 11.4. The number of ether oxygens (including phenoxy) is 2. The van der Waals surface area contributed by atoms with Gasteiger partial charge in [0, 0.05) is 49.1 Å². The van der Waals surface area contributed by atoms with Crippen LogP contribution in [0.15, 0.2) is 36.8 Å². The zero-order chi connectivity index (χ0) is 30.2. The number of aryl methyl sites for hydroxylation is 1. The van der Waals surface area contributed by atoms with Gasteiger partial charge in [0.05, 0.1) is 24.6 Å². The quantitative estimate of drug-likeness (QED) is 0.332. The Morgan fingerprint density at radius 3 is 2.57 bits per heavy atom. The predicted octanol–water partition coefficient (Wildman–Crippen LogP) is 5.21. The number of benzene rings is 1. The van der Waals surface area contributed by atoms with Crippen molar-refractivity contribution in [3.8, 4) is 5.75 Å². The third kappa shape index (κ3) is 5.65. The number of anilines is 2. The Kier molecular flexibility index (Phi) is 7.89. The van der Waals surface area contributed by atoms with Gasteiger partial charge in [0.15, 0.2) is 11.4 Å². The molecule has 1 aromatic carbocycles. The molecule has 0 aliphatic carbocycles. The number of hydrogen-bond donors (Lipinski definition) is 1. The fraction of sp³-hybridized carbons (Fsp3) is 0.433. The number of halogens is 1. The van der Waals surface area contributed by atoms with E-state index in [-0.39, 0.29) is 29.2 Å². The van der Waals surface area contributed by atoms with Gasteiger partial charge in [-0.15, -0.1) is 5.10 Å². The molecule has 1 aliphatic rings. The molecular weight excluding hydrogens is 541 g/mol. The van der Waals surface area contributed by atoms with Crippen molar-refractivity contribution < 1.29 is 23.5 Å². The van der Waals surface area contributed by atoms with Crippen molar-refractivity contribution in [3.63, 3.8) is 0 Å². The van der Waals surface area contributed by atoms with Crippen molar-refractivity contribution in [1.82, 2.24) is 24.5 Å². The van der Waals surface area contributed by atoms with Gasteiger partial charge in [-0.2, -0.15) is 9.49 Å². The number of hydrogen-bond acceptors (Lipinski definition) is 8. The number of nitrogens with zero attached hydrogens (tertiary/aromatic N) is 6. The van der Waals surface area contributed by atoms with E-state index in [4.69, 9.17) is 9.47 Å². The topological polar surface area (TPSA) is 114 Å². The predicted molar refractivity (Wildman–Crippen MR) is 158 cm³/mol. The number of nitrogens with one attached hydrogen (secondary N) is 1. The molecule has 0 saturated carbocycles. The van der Waals surface area contributed by atoms with E-state index < -0.39 is 17.3 Å². The van der Waals surface area contributed by atoms with E-state index in [0.29, 0.717) is 36.4 Å². The van der Waals surface area contributed by atoms with Gasteiger partial charge in [0.1, 0.15) is 16.8 Å². The highest BCUT2D eigenvalue weighted by atomic mass is 19.1. The molecule has 4 aromatic rings. The van der Waals surface area contributed by atoms with Gasteiger partial charge in [0.25, 0.3) is 5.91 Å². The summed E-state index contributed by atoms with van der Waals surface area (Å²) in [6.07, 6.45) is 6.08. The Balaban J connectivity index is 1.38. The van der Waals surface area contributed by atoms with Crippen LogP contribution in [0.2, 0.25) is 0 Å². The van der Waals surface area contributed by atoms with Gasteiger partial charge in [-0.1, -0.05) is 0 Å². The number of aromatic nitrogens is 4. The minimum atomic E-state index is -0.667. The number of carbonyl (C=O) groups excluding carboxylic acids is 2. The van der Waals surface area contributed by atoms with E-state index in [0.717, 1.165) is 23.9 Å². The number of carbonyl (C=O) groups is 2. The van der Waals surface area contributed by atoms with Crippen molar-refractivity contribution in [2.24, 2.45) is 0 Å². The highest BCUT2D eigenvalue weighted by molar-refractivity contribution is 6.14. The summed E-state index contributed by atoms with van der Waals surface area (Å²) in [5, 5.41) is 11.9. The number of rotatable bonds is 6. The number of methoxy groups -OCH3 is 1. The average molecular weight is 578 g/mol. The maximum atomic E-state index is 15.1. The lowest BCUT2D eigenvalue weighted by Crippen LogP contribution is -2.48. The van der Waals surface area contributed by atoms with Crippen LogP contribution in [0.1, 0.15) is 56.6 Å². The number of imidazole rings is 1. The van der Waals surface area contributed by atoms with Crippen LogP contribution in [-0.4, -0.2) is 74.9 Å². The van der Waals surface area contributed by atoms with Crippen LogP contribution in [0.25, 0.3) is 16.6 Å². The van der Waals surface area contributed by atoms with Gasteiger partial charge in [-0.25, -0.2) is 9.78 Å². The smallest absolute Gasteiger partial charge is 0.410 e. The molecule has 42 heavy (non-hydrogen) atoms. The van der Waals surface area contributed by atoms with Gasteiger partial charge in [-0.05, 0) is 65.7 Å². The maximum absolute atomic E-state index is 15.1. The molecule has 2 amide bonds. The third-order valence-corrected chi connectivity index (χ3v) is 7.33. The van der Waals surface area contributed by atoms with E-state index in [1.165, 1.54) is 11.5 Å². The highest BCUT2D eigenvalue weighted by Crippen LogP contribution is 2.34. The van der Waals surface area contributed by atoms with E-state index in [9.17, 15) is 9.59 Å². The fourth-order valence-electron chi connectivity index (χ4n) is 5.48. The summed E-state index contributed by atoms with van der Waals surface area (Å²) >= 11 is 0. The SMILES string of the molecule is CCN(C(=O)OC(C)(C)C)C1CCN(c2ccc(C(=O)Nc3cn4cc(C)nc4c(F)c3OC)c3nnccc23)CC1. The molecule has 5 rings (SSSR count). The van der Waals surface area contributed by atoms with Gasteiger partial charge >= 0.3 is 6.09 Å². The molecule has 0 unspecified atom stereocenters. The highest BCUT2D eigenvalue weighted by Gasteiger charge is 2.31. The van der Waals surface area contributed by atoms with Crippen LogP contribution < -0.4 is 15.0 Å². The van der Waals surface area contributed by atoms with E-state index in [2.05, 4.69) is 25.4 Å². The summed E-state index contributed by atoms with van der Waals surface area (Å²) in [5.41, 5.74) is 2.00. The van der Waals surface area contributed by atoms with E-state index in [1.54, 1.807) is 36.5 Å². The monoisotopic (exact) mass is 577 g/mol. The third-order valence-electron chi connectivity index (χ3n) is 7.33. The Bertz CT molecular complexity index is 1640. The first-order valence-corrected chi connectivity index (χ1v) is 14.0. The largest absolute Gasteiger partial charge is 0.491 e. The van der Waals surface area contributed by atoms with Gasteiger partial charge in [0.2, 0.25) is 5.82 Å². The summed E-state index contributed by atoms with van der Waals surface area (Å²) in [6, 6.07) is 5.50. The zero-order valence-electron chi connectivity index (χ0n) is 24.8. The molecule has 1 N–H and O–H groups in total. The Morgan fingerprint density at radius 1 is 1.17 bits per heavy atom. The summed E-state index contributed by atoms with van der Waals surface area (Å²) in [5.74, 6) is -1.25. The molecule has 222 valence electrons. The van der Waals surface area contributed by atoms with Crippen LogP contribution in [0.3, 0.4) is 0 Å². The first-order valence-electron chi connectivity index (χ1n) is 14.0. The summed E-state index contributed by atoms with van der Waals surface area (Å²) < 4.78 is 27.5. The lowest BCUT2D eigenvalue weighted by Gasteiger charge is -2.39. The molecule has 3 aromatic heterocycles. The number of amides is 2. The lowest BCUT2D eigenvalue weighted by molar-refractivity contribution is 0.0149. The normalized spacial score (nSPS) is 14.3. The summed E-state index contributed by atoms with van der Waals surface area (Å²) in [4.78, 5) is 34.5. The first-order chi connectivity index (χ1) is 20.0. The minimum Gasteiger partial charge on any atom is -0.491 e. The number of piperidine rings is 1. The molecule has 0 atom stereocenters. The maximum Gasteiger partial charge on any atom is 0.410 e. The van der Waals surface area contributed by atoms with Crippen LogP contribution in [-0.2, 0) is 4.74 Å². The van der Waals surface area contributed by atoms with Crippen LogP contribution in [0.4, 0.5) is 20.6 Å². The lowest BCUT2D eigenvalue weighted by atomic mass is 10.0. The van der Waals surface area contributed by atoms with E-state index in [1.807, 2.05) is 39.8 Å². The molecule has 1 fully saturated rings. The molecule has 0 bridgehead atoms. The van der Waals surface area contributed by atoms with Crippen LogP contribution in [0.5, 0.6) is 5.75 Å². The standard InChI is InChI=1S/C30H36FN7O4/c1-7-38(29(40)42-30(3,4)5)19-11-14-36(15-12-19)23-9-8-21(25-20(23)10-13-32-35-25)28(39)34-22-17-37-16-18(2)33-27(37)24(31)26(22)41-6/h8-10,13,16-17,19H,7,11-12,14-15H2,1-6H3,(H,34,39). The first kappa shape index (κ1) is 29.0. The second-order valence-corrected chi connectivity index (χ2v) is 11.4. The van der Waals surface area contributed by atoms with Crippen molar-refractivity contribution >= 4 is 39.9 Å². The molecule has 12 heteroatoms. The average Bonchev–Trinajstić information content (AvgIpc) is 3.33. The summed E-state index contributed by atoms with van der Waals surface area (Å²) in [7, 11) is 1.34. The van der Waals surface area contributed by atoms with Crippen molar-refractivity contribution in [1.29, 1.82) is 0 Å². The molecule has 11 nitrogen and oxygen atoms in total. The van der Waals surface area contributed by atoms with Crippen molar-refractivity contribution in [2.45, 2.75) is 59.1 Å². The van der Waals surface area contributed by atoms with Crippen LogP contribution in [0, 0.1) is 12.7 Å². The van der Waals surface area contributed by atoms with Crippen molar-refractivity contribution in [3.05, 3.63) is 53.9 Å². The van der Waals surface area contributed by atoms with Gasteiger partial charge < -0.3 is 29.0 Å². The molecular formula is C30H36FN7O4. The van der Waals surface area contributed by atoms with Gasteiger partial charge in [-0.3, -0.25) is 4.79 Å².